The van der Waals surface area contributed by atoms with Gasteiger partial charge in [0.05, 0.1) is 16.3 Å². The SMILES string of the molecule is O=[N+]([O-])c1cccc(C2CC(c3ccccc3)=NN=C(c3ccccc3)C2)c1. The van der Waals surface area contributed by atoms with Gasteiger partial charge in [0.1, 0.15) is 0 Å². The van der Waals surface area contributed by atoms with Gasteiger partial charge in [-0.25, -0.2) is 0 Å². The molecule has 3 aromatic carbocycles. The molecular formula is C23H19N3O2. The van der Waals surface area contributed by atoms with E-state index in [-0.39, 0.29) is 16.5 Å². The molecule has 138 valence electrons. The molecule has 3 aromatic rings. The van der Waals surface area contributed by atoms with Crippen molar-refractivity contribution in [1.82, 2.24) is 0 Å². The van der Waals surface area contributed by atoms with Gasteiger partial charge in [0.15, 0.2) is 0 Å². The quantitative estimate of drug-likeness (QED) is 0.458. The van der Waals surface area contributed by atoms with E-state index in [0.29, 0.717) is 12.8 Å². The number of rotatable bonds is 4. The number of nitro groups is 1. The van der Waals surface area contributed by atoms with Gasteiger partial charge in [-0.05, 0) is 35.4 Å². The second kappa shape index (κ2) is 7.96. The Morgan fingerprint density at radius 3 is 1.79 bits per heavy atom. The molecule has 1 aliphatic rings. The summed E-state index contributed by atoms with van der Waals surface area (Å²) in [6, 6.07) is 26.8. The topological polar surface area (TPSA) is 67.9 Å². The number of nitro benzene ring substituents is 1. The lowest BCUT2D eigenvalue weighted by atomic mass is 9.86. The summed E-state index contributed by atoms with van der Waals surface area (Å²) >= 11 is 0. The first-order valence-electron chi connectivity index (χ1n) is 9.19. The van der Waals surface area contributed by atoms with E-state index >= 15 is 0 Å². The van der Waals surface area contributed by atoms with Crippen molar-refractivity contribution in [2.24, 2.45) is 10.2 Å². The Morgan fingerprint density at radius 1 is 0.750 bits per heavy atom. The maximum atomic E-state index is 11.2. The van der Waals surface area contributed by atoms with Crippen LogP contribution in [0.4, 0.5) is 5.69 Å². The Labute approximate surface area is 163 Å². The van der Waals surface area contributed by atoms with Crippen molar-refractivity contribution in [2.75, 3.05) is 0 Å². The fraction of sp³-hybridized carbons (Fsp3) is 0.130. The molecule has 0 atom stereocenters. The van der Waals surface area contributed by atoms with Gasteiger partial charge in [-0.3, -0.25) is 10.1 Å². The summed E-state index contributed by atoms with van der Waals surface area (Å²) in [5, 5.41) is 20.3. The summed E-state index contributed by atoms with van der Waals surface area (Å²) < 4.78 is 0. The van der Waals surface area contributed by atoms with Crippen LogP contribution in [-0.2, 0) is 0 Å². The maximum Gasteiger partial charge on any atom is 0.269 e. The van der Waals surface area contributed by atoms with Crippen LogP contribution in [-0.4, -0.2) is 16.3 Å². The molecule has 0 saturated heterocycles. The van der Waals surface area contributed by atoms with E-state index in [2.05, 4.69) is 10.2 Å². The van der Waals surface area contributed by atoms with Gasteiger partial charge < -0.3 is 0 Å². The van der Waals surface area contributed by atoms with Crippen LogP contribution in [0.5, 0.6) is 0 Å². The van der Waals surface area contributed by atoms with Crippen LogP contribution in [0.2, 0.25) is 0 Å². The molecular weight excluding hydrogens is 350 g/mol. The second-order valence-electron chi connectivity index (χ2n) is 6.78. The molecule has 4 rings (SSSR count). The number of non-ortho nitro benzene ring substituents is 1. The molecule has 0 fully saturated rings. The number of hydrogen-bond acceptors (Lipinski definition) is 4. The lowest BCUT2D eigenvalue weighted by Gasteiger charge is -2.17. The predicted molar refractivity (Wildman–Crippen MR) is 111 cm³/mol. The molecule has 0 radical (unpaired) electrons. The number of nitrogens with zero attached hydrogens (tertiary/aromatic N) is 3. The van der Waals surface area contributed by atoms with Crippen molar-refractivity contribution in [3.63, 3.8) is 0 Å². The largest absolute Gasteiger partial charge is 0.269 e. The van der Waals surface area contributed by atoms with Gasteiger partial charge in [-0.2, -0.15) is 10.2 Å². The summed E-state index contributed by atoms with van der Waals surface area (Å²) in [4.78, 5) is 10.9. The standard InChI is InChI=1S/C23H19N3O2/c27-26(28)21-13-7-12-19(14-21)20-15-22(17-8-3-1-4-9-17)24-25-23(16-20)18-10-5-2-6-11-18/h1-14,20H,15-16H2. The third-order valence-corrected chi connectivity index (χ3v) is 4.94. The third-order valence-electron chi connectivity index (χ3n) is 4.94. The highest BCUT2D eigenvalue weighted by Crippen LogP contribution is 2.31. The van der Waals surface area contributed by atoms with Crippen LogP contribution in [0.1, 0.15) is 35.4 Å². The first kappa shape index (κ1) is 17.8. The minimum absolute atomic E-state index is 0.0558. The van der Waals surface area contributed by atoms with Crippen LogP contribution < -0.4 is 0 Å². The van der Waals surface area contributed by atoms with E-state index in [9.17, 15) is 10.1 Å². The van der Waals surface area contributed by atoms with Crippen molar-refractivity contribution in [3.05, 3.63) is 112 Å². The van der Waals surface area contributed by atoms with Crippen molar-refractivity contribution in [3.8, 4) is 0 Å². The Morgan fingerprint density at radius 2 is 1.29 bits per heavy atom. The lowest BCUT2D eigenvalue weighted by molar-refractivity contribution is -0.384. The first-order chi connectivity index (χ1) is 13.7. The van der Waals surface area contributed by atoms with Crippen LogP contribution >= 0.6 is 0 Å². The van der Waals surface area contributed by atoms with Crippen molar-refractivity contribution in [2.45, 2.75) is 18.8 Å². The number of benzene rings is 3. The molecule has 5 nitrogen and oxygen atoms in total. The molecule has 5 heteroatoms. The third kappa shape index (κ3) is 3.88. The smallest absolute Gasteiger partial charge is 0.258 e. The zero-order valence-electron chi connectivity index (χ0n) is 15.2. The Hall–Kier alpha value is -3.60. The lowest BCUT2D eigenvalue weighted by Crippen LogP contribution is -2.11. The Bertz CT molecular complexity index is 986. The van der Waals surface area contributed by atoms with Crippen LogP contribution in [0, 0.1) is 10.1 Å². The highest BCUT2D eigenvalue weighted by atomic mass is 16.6. The van der Waals surface area contributed by atoms with E-state index in [1.807, 2.05) is 66.7 Å². The zero-order valence-corrected chi connectivity index (χ0v) is 15.2. The molecule has 0 aliphatic carbocycles. The molecule has 1 heterocycles. The van der Waals surface area contributed by atoms with Crippen LogP contribution in [0.15, 0.2) is 95.1 Å². The Kier molecular flexibility index (Phi) is 5.06. The summed E-state index contributed by atoms with van der Waals surface area (Å²) in [5.41, 5.74) is 4.87. The summed E-state index contributed by atoms with van der Waals surface area (Å²) in [6.07, 6.45) is 1.34. The normalized spacial score (nSPS) is 14.7. The van der Waals surface area contributed by atoms with Crippen molar-refractivity contribution < 1.29 is 4.92 Å². The average Bonchev–Trinajstić information content (AvgIpc) is 2.99. The summed E-state index contributed by atoms with van der Waals surface area (Å²) in [5.74, 6) is 0.0558. The maximum absolute atomic E-state index is 11.2. The molecule has 0 unspecified atom stereocenters. The highest BCUT2D eigenvalue weighted by Gasteiger charge is 2.23. The highest BCUT2D eigenvalue weighted by molar-refractivity contribution is 6.06. The monoisotopic (exact) mass is 369 g/mol. The van der Waals surface area contributed by atoms with E-state index in [1.54, 1.807) is 12.1 Å². The zero-order chi connectivity index (χ0) is 19.3. The molecule has 0 bridgehead atoms. The van der Waals surface area contributed by atoms with Gasteiger partial charge in [0.2, 0.25) is 0 Å². The Balaban J connectivity index is 1.76. The molecule has 1 aliphatic heterocycles. The minimum atomic E-state index is -0.349. The average molecular weight is 369 g/mol. The van der Waals surface area contributed by atoms with Gasteiger partial charge >= 0.3 is 0 Å². The molecule has 28 heavy (non-hydrogen) atoms. The van der Waals surface area contributed by atoms with E-state index in [0.717, 1.165) is 28.1 Å². The minimum Gasteiger partial charge on any atom is -0.258 e. The van der Waals surface area contributed by atoms with E-state index in [1.165, 1.54) is 6.07 Å². The molecule has 0 amide bonds. The van der Waals surface area contributed by atoms with Gasteiger partial charge in [-0.15, -0.1) is 0 Å². The summed E-state index contributed by atoms with van der Waals surface area (Å²) in [7, 11) is 0. The molecule has 0 aromatic heterocycles. The molecule has 0 saturated carbocycles. The van der Waals surface area contributed by atoms with E-state index in [4.69, 9.17) is 0 Å². The van der Waals surface area contributed by atoms with Crippen LogP contribution in [0.25, 0.3) is 0 Å². The predicted octanol–water partition coefficient (Wildman–Crippen LogP) is 5.37. The fourth-order valence-corrected chi connectivity index (χ4v) is 3.48. The van der Waals surface area contributed by atoms with Crippen molar-refractivity contribution in [1.29, 1.82) is 0 Å². The fourth-order valence-electron chi connectivity index (χ4n) is 3.48. The molecule has 0 N–H and O–H groups in total. The second-order valence-corrected chi connectivity index (χ2v) is 6.78. The van der Waals surface area contributed by atoms with Gasteiger partial charge in [0.25, 0.3) is 5.69 Å². The van der Waals surface area contributed by atoms with Gasteiger partial charge in [-0.1, -0.05) is 72.8 Å². The van der Waals surface area contributed by atoms with Gasteiger partial charge in [0, 0.05) is 12.1 Å². The summed E-state index contributed by atoms with van der Waals surface area (Å²) in [6.45, 7) is 0. The molecule has 0 spiro atoms. The number of hydrogen-bond donors (Lipinski definition) is 0. The van der Waals surface area contributed by atoms with E-state index < -0.39 is 0 Å². The van der Waals surface area contributed by atoms with Crippen molar-refractivity contribution >= 4 is 17.1 Å². The van der Waals surface area contributed by atoms with Crippen LogP contribution in [0.3, 0.4) is 0 Å². The first-order valence-corrected chi connectivity index (χ1v) is 9.19.